The summed E-state index contributed by atoms with van der Waals surface area (Å²) in [6.07, 6.45) is 5.58. The normalized spacial score (nSPS) is 19.1. The highest BCUT2D eigenvalue weighted by molar-refractivity contribution is 9.11. The summed E-state index contributed by atoms with van der Waals surface area (Å²) < 4.78 is 28.5. The second-order valence-corrected chi connectivity index (χ2v) is 10.5. The van der Waals surface area contributed by atoms with Crippen molar-refractivity contribution >= 4 is 48.9 Å². The van der Waals surface area contributed by atoms with Crippen LogP contribution in [0.1, 0.15) is 32.1 Å². The maximum atomic E-state index is 12.4. The van der Waals surface area contributed by atoms with Crippen molar-refractivity contribution in [3.05, 3.63) is 14.9 Å². The number of nitrogens with one attached hydrogen (secondary N) is 1. The van der Waals surface area contributed by atoms with Crippen LogP contribution < -0.4 is 4.72 Å². The predicted octanol–water partition coefficient (Wildman–Crippen LogP) is 3.71. The van der Waals surface area contributed by atoms with Gasteiger partial charge in [0.2, 0.25) is 10.0 Å². The second kappa shape index (κ2) is 6.84. The Labute approximate surface area is 144 Å². The van der Waals surface area contributed by atoms with Crippen LogP contribution in [0.3, 0.4) is 0 Å². The zero-order chi connectivity index (χ0) is 15.7. The average Bonchev–Trinajstić information content (AvgIpc) is 2.78. The van der Waals surface area contributed by atoms with Crippen molar-refractivity contribution in [3.63, 3.8) is 0 Å². The van der Waals surface area contributed by atoms with Crippen molar-refractivity contribution in [1.82, 2.24) is 9.62 Å². The van der Waals surface area contributed by atoms with Crippen LogP contribution >= 0.6 is 38.9 Å². The first-order valence-corrected chi connectivity index (χ1v) is 10.4. The van der Waals surface area contributed by atoms with E-state index in [1.165, 1.54) is 12.5 Å². The molecule has 0 unspecified atom stereocenters. The molecule has 1 aromatic rings. The third-order valence-corrected chi connectivity index (χ3v) is 8.56. The van der Waals surface area contributed by atoms with Crippen LogP contribution in [0.2, 0.25) is 5.02 Å². The summed E-state index contributed by atoms with van der Waals surface area (Å²) in [6.45, 7) is 0.440. The highest BCUT2D eigenvalue weighted by Gasteiger charge is 2.35. The first-order valence-electron chi connectivity index (χ1n) is 6.89. The van der Waals surface area contributed by atoms with Gasteiger partial charge in [0.05, 0.1) is 8.81 Å². The molecular formula is C13H20BrClN2O2S2. The highest BCUT2D eigenvalue weighted by Crippen LogP contribution is 2.35. The summed E-state index contributed by atoms with van der Waals surface area (Å²) in [7, 11) is 0.546. The van der Waals surface area contributed by atoms with Crippen molar-refractivity contribution < 1.29 is 8.42 Å². The van der Waals surface area contributed by atoms with Gasteiger partial charge in [-0.15, -0.1) is 11.3 Å². The topological polar surface area (TPSA) is 49.4 Å². The van der Waals surface area contributed by atoms with Gasteiger partial charge in [-0.3, -0.25) is 0 Å². The molecule has 4 nitrogen and oxygen atoms in total. The van der Waals surface area contributed by atoms with E-state index in [2.05, 4.69) is 25.6 Å². The minimum absolute atomic E-state index is 0.0798. The second-order valence-electron chi connectivity index (χ2n) is 5.69. The molecule has 0 aromatic carbocycles. The summed E-state index contributed by atoms with van der Waals surface area (Å²) in [5.41, 5.74) is -0.0798. The SMILES string of the molecule is CN(C)C1(CNS(=O)(=O)c2cc(Cl)c(Br)s2)CCCCC1. The van der Waals surface area contributed by atoms with Crippen LogP contribution in [0.4, 0.5) is 0 Å². The lowest BCUT2D eigenvalue weighted by atomic mass is 9.81. The van der Waals surface area contributed by atoms with E-state index in [1.807, 2.05) is 14.1 Å². The number of nitrogens with zero attached hydrogens (tertiary/aromatic N) is 1. The van der Waals surface area contributed by atoms with Gasteiger partial charge in [-0.05, 0) is 48.9 Å². The quantitative estimate of drug-likeness (QED) is 0.797. The van der Waals surface area contributed by atoms with E-state index in [0.717, 1.165) is 37.0 Å². The van der Waals surface area contributed by atoms with Crippen molar-refractivity contribution in [2.24, 2.45) is 0 Å². The lowest BCUT2D eigenvalue weighted by molar-refractivity contribution is 0.105. The Kier molecular flexibility index (Phi) is 5.77. The van der Waals surface area contributed by atoms with Crippen LogP contribution in [0.5, 0.6) is 0 Å². The molecule has 21 heavy (non-hydrogen) atoms. The van der Waals surface area contributed by atoms with E-state index in [4.69, 9.17) is 11.6 Å². The molecule has 2 rings (SSSR count). The van der Waals surface area contributed by atoms with Gasteiger partial charge in [-0.2, -0.15) is 0 Å². The largest absolute Gasteiger partial charge is 0.302 e. The summed E-state index contributed by atoms with van der Waals surface area (Å²) in [5.74, 6) is 0. The minimum atomic E-state index is -3.51. The summed E-state index contributed by atoms with van der Waals surface area (Å²) in [4.78, 5) is 2.16. The van der Waals surface area contributed by atoms with Crippen LogP contribution in [-0.2, 0) is 10.0 Å². The molecule has 0 aliphatic heterocycles. The van der Waals surface area contributed by atoms with Crippen molar-refractivity contribution in [3.8, 4) is 0 Å². The van der Waals surface area contributed by atoms with Gasteiger partial charge in [0.15, 0.2) is 0 Å². The molecule has 0 atom stereocenters. The Morgan fingerprint density at radius 1 is 1.38 bits per heavy atom. The first kappa shape index (κ1) is 17.7. The van der Waals surface area contributed by atoms with E-state index in [9.17, 15) is 8.42 Å². The molecule has 0 saturated heterocycles. The molecule has 1 heterocycles. The van der Waals surface area contributed by atoms with E-state index >= 15 is 0 Å². The Morgan fingerprint density at radius 2 is 2.00 bits per heavy atom. The number of thiophene rings is 1. The molecular weight excluding hydrogens is 396 g/mol. The fourth-order valence-corrected chi connectivity index (χ4v) is 6.31. The van der Waals surface area contributed by atoms with Gasteiger partial charge in [0.1, 0.15) is 4.21 Å². The summed E-state index contributed by atoms with van der Waals surface area (Å²) in [5, 5.41) is 0.431. The monoisotopic (exact) mass is 414 g/mol. The van der Waals surface area contributed by atoms with E-state index in [0.29, 0.717) is 15.4 Å². The van der Waals surface area contributed by atoms with E-state index in [1.54, 1.807) is 0 Å². The van der Waals surface area contributed by atoms with Crippen molar-refractivity contribution in [2.45, 2.75) is 41.9 Å². The molecule has 0 bridgehead atoms. The molecule has 1 aliphatic carbocycles. The molecule has 1 aliphatic rings. The fourth-order valence-electron chi connectivity index (χ4n) is 2.75. The third kappa shape index (κ3) is 4.00. The van der Waals surface area contributed by atoms with Gasteiger partial charge in [-0.1, -0.05) is 30.9 Å². The Bertz CT molecular complexity index is 576. The summed E-state index contributed by atoms with van der Waals surface area (Å²) in [6, 6.07) is 1.49. The maximum absolute atomic E-state index is 12.4. The fraction of sp³-hybridized carbons (Fsp3) is 0.692. The average molecular weight is 416 g/mol. The van der Waals surface area contributed by atoms with Crippen molar-refractivity contribution in [1.29, 1.82) is 0 Å². The number of hydrogen-bond donors (Lipinski definition) is 1. The Hall–Kier alpha value is 0.340. The number of hydrogen-bond acceptors (Lipinski definition) is 4. The van der Waals surface area contributed by atoms with E-state index < -0.39 is 10.0 Å². The molecule has 1 saturated carbocycles. The molecule has 1 fully saturated rings. The lowest BCUT2D eigenvalue weighted by Crippen LogP contribution is -2.53. The van der Waals surface area contributed by atoms with Crippen LogP contribution in [0.25, 0.3) is 0 Å². The maximum Gasteiger partial charge on any atom is 0.250 e. The lowest BCUT2D eigenvalue weighted by Gasteiger charge is -2.43. The Morgan fingerprint density at radius 3 is 2.48 bits per heavy atom. The first-order chi connectivity index (χ1) is 9.77. The molecule has 0 spiro atoms. The van der Waals surface area contributed by atoms with Gasteiger partial charge >= 0.3 is 0 Å². The van der Waals surface area contributed by atoms with Crippen LogP contribution in [0, 0.1) is 0 Å². The molecule has 8 heteroatoms. The number of likely N-dealkylation sites (N-methyl/N-ethyl adjacent to an activating group) is 1. The van der Waals surface area contributed by atoms with E-state index in [-0.39, 0.29) is 9.75 Å². The van der Waals surface area contributed by atoms with Crippen LogP contribution in [0.15, 0.2) is 14.1 Å². The predicted molar refractivity (Wildman–Crippen MR) is 91.7 cm³/mol. The number of halogens is 2. The van der Waals surface area contributed by atoms with Gasteiger partial charge in [0, 0.05) is 12.1 Å². The molecule has 0 amide bonds. The molecule has 120 valence electrons. The Balaban J connectivity index is 2.13. The van der Waals surface area contributed by atoms with Crippen LogP contribution in [-0.4, -0.2) is 39.5 Å². The standard InChI is InChI=1S/C13H20BrClN2O2S2/c1-17(2)13(6-4-3-5-7-13)9-16-21(18,19)11-8-10(15)12(14)20-11/h8,16H,3-7,9H2,1-2H3. The zero-order valence-electron chi connectivity index (χ0n) is 12.2. The highest BCUT2D eigenvalue weighted by atomic mass is 79.9. The van der Waals surface area contributed by atoms with Crippen molar-refractivity contribution in [2.75, 3.05) is 20.6 Å². The van der Waals surface area contributed by atoms with Gasteiger partial charge in [-0.25, -0.2) is 13.1 Å². The third-order valence-electron chi connectivity index (χ3n) is 4.21. The molecule has 0 radical (unpaired) electrons. The summed E-state index contributed by atoms with van der Waals surface area (Å²) >= 11 is 10.3. The zero-order valence-corrected chi connectivity index (χ0v) is 16.1. The molecule has 1 N–H and O–H groups in total. The minimum Gasteiger partial charge on any atom is -0.302 e. The van der Waals surface area contributed by atoms with Gasteiger partial charge in [0.25, 0.3) is 0 Å². The number of sulfonamides is 1. The van der Waals surface area contributed by atoms with Gasteiger partial charge < -0.3 is 4.90 Å². The smallest absolute Gasteiger partial charge is 0.250 e. The number of rotatable bonds is 5. The molecule has 1 aromatic heterocycles.